The van der Waals surface area contributed by atoms with Gasteiger partial charge in [0.2, 0.25) is 0 Å². The maximum Gasteiger partial charge on any atom is 0.173 e. The van der Waals surface area contributed by atoms with Crippen LogP contribution in [0.2, 0.25) is 0 Å². The number of hydrogen-bond acceptors (Lipinski definition) is 3. The fourth-order valence-corrected chi connectivity index (χ4v) is 1.83. The van der Waals surface area contributed by atoms with E-state index in [1.807, 2.05) is 6.07 Å². The van der Waals surface area contributed by atoms with Crippen LogP contribution in [-0.2, 0) is 0 Å². The summed E-state index contributed by atoms with van der Waals surface area (Å²) in [5.74, 6) is 6.07. The minimum atomic E-state index is 0.160. The van der Waals surface area contributed by atoms with Crippen molar-refractivity contribution >= 4 is 15.9 Å². The third-order valence-electron chi connectivity index (χ3n) is 1.93. The average molecular weight is 247 g/mol. The summed E-state index contributed by atoms with van der Waals surface area (Å²) in [5, 5.41) is 0. The van der Waals surface area contributed by atoms with Crippen molar-refractivity contribution in [2.24, 2.45) is 11.8 Å². The van der Waals surface area contributed by atoms with Gasteiger partial charge in [-0.25, -0.2) is 0 Å². The summed E-state index contributed by atoms with van der Waals surface area (Å²) in [4.78, 5) is 0. The number of hydrazine groups is 1. The number of hydrogen-bond donors (Lipinski definition) is 2. The Morgan fingerprint density at radius 3 is 2.69 bits per heavy atom. The molecule has 1 aromatic heterocycles. The highest BCUT2D eigenvalue weighted by Gasteiger charge is 2.16. The summed E-state index contributed by atoms with van der Waals surface area (Å²) in [6.07, 6.45) is 2.65. The van der Waals surface area contributed by atoms with Crippen molar-refractivity contribution in [1.82, 2.24) is 5.43 Å². The van der Waals surface area contributed by atoms with Crippen molar-refractivity contribution in [3.63, 3.8) is 0 Å². The van der Waals surface area contributed by atoms with E-state index in [-0.39, 0.29) is 6.04 Å². The van der Waals surface area contributed by atoms with Crippen molar-refractivity contribution in [2.45, 2.75) is 26.3 Å². The lowest BCUT2D eigenvalue weighted by Crippen LogP contribution is -2.28. The third kappa shape index (κ3) is 2.83. The molecule has 3 nitrogen and oxygen atoms in total. The number of halogens is 1. The molecule has 0 saturated heterocycles. The fourth-order valence-electron chi connectivity index (χ4n) is 1.31. The van der Waals surface area contributed by atoms with Gasteiger partial charge < -0.3 is 4.42 Å². The minimum Gasteiger partial charge on any atom is -0.457 e. The topological polar surface area (TPSA) is 51.2 Å². The van der Waals surface area contributed by atoms with Gasteiger partial charge >= 0.3 is 0 Å². The Bertz CT molecular complexity index is 260. The van der Waals surface area contributed by atoms with E-state index in [1.165, 1.54) is 0 Å². The first kappa shape index (κ1) is 10.8. The lowest BCUT2D eigenvalue weighted by Gasteiger charge is -2.16. The molecule has 0 aromatic carbocycles. The van der Waals surface area contributed by atoms with Crippen LogP contribution in [0.3, 0.4) is 0 Å². The zero-order chi connectivity index (χ0) is 9.84. The number of nitrogens with one attached hydrogen (secondary N) is 1. The highest BCUT2D eigenvalue weighted by Crippen LogP contribution is 2.28. The normalized spacial score (nSPS) is 13.6. The first-order valence-electron chi connectivity index (χ1n) is 4.34. The first-order valence-corrected chi connectivity index (χ1v) is 5.13. The van der Waals surface area contributed by atoms with Gasteiger partial charge in [0, 0.05) is 5.56 Å². The van der Waals surface area contributed by atoms with E-state index in [2.05, 4.69) is 35.2 Å². The molecule has 0 aliphatic carbocycles. The average Bonchev–Trinajstić information content (AvgIpc) is 2.47. The van der Waals surface area contributed by atoms with Gasteiger partial charge in [-0.2, -0.15) is 0 Å². The van der Waals surface area contributed by atoms with Gasteiger partial charge in [0.15, 0.2) is 4.67 Å². The lowest BCUT2D eigenvalue weighted by atomic mass is 10.00. The molecule has 0 fully saturated rings. The summed E-state index contributed by atoms with van der Waals surface area (Å²) in [7, 11) is 0. The molecule has 74 valence electrons. The maximum absolute atomic E-state index is 5.47. The SMILES string of the molecule is CC(C)CC(NN)c1ccoc1Br. The van der Waals surface area contributed by atoms with Gasteiger partial charge in [-0.1, -0.05) is 13.8 Å². The van der Waals surface area contributed by atoms with Crippen LogP contribution in [0, 0.1) is 5.92 Å². The molecule has 0 aliphatic rings. The Morgan fingerprint density at radius 1 is 1.62 bits per heavy atom. The summed E-state index contributed by atoms with van der Waals surface area (Å²) in [6, 6.07) is 2.09. The molecule has 0 bridgehead atoms. The van der Waals surface area contributed by atoms with E-state index in [9.17, 15) is 0 Å². The van der Waals surface area contributed by atoms with E-state index in [0.29, 0.717) is 5.92 Å². The molecule has 1 unspecified atom stereocenters. The predicted octanol–water partition coefficient (Wildman–Crippen LogP) is 2.59. The van der Waals surface area contributed by atoms with Crippen LogP contribution < -0.4 is 11.3 Å². The molecule has 1 aromatic rings. The monoisotopic (exact) mass is 246 g/mol. The summed E-state index contributed by atoms with van der Waals surface area (Å²) < 4.78 is 5.91. The van der Waals surface area contributed by atoms with Crippen molar-refractivity contribution in [3.8, 4) is 0 Å². The molecule has 1 heterocycles. The molecule has 1 atom stereocenters. The minimum absolute atomic E-state index is 0.160. The Morgan fingerprint density at radius 2 is 2.31 bits per heavy atom. The van der Waals surface area contributed by atoms with Gasteiger partial charge in [-0.3, -0.25) is 11.3 Å². The standard InChI is InChI=1S/C9H15BrN2O/c1-6(2)5-8(12-11)7-3-4-13-9(7)10/h3-4,6,8,12H,5,11H2,1-2H3. The van der Waals surface area contributed by atoms with Gasteiger partial charge in [0.25, 0.3) is 0 Å². The van der Waals surface area contributed by atoms with E-state index in [1.54, 1.807) is 6.26 Å². The smallest absolute Gasteiger partial charge is 0.173 e. The second-order valence-electron chi connectivity index (χ2n) is 3.50. The van der Waals surface area contributed by atoms with Gasteiger partial charge in [0.05, 0.1) is 12.3 Å². The molecule has 0 amide bonds. The molecule has 0 saturated carbocycles. The van der Waals surface area contributed by atoms with E-state index >= 15 is 0 Å². The quantitative estimate of drug-likeness (QED) is 0.635. The molecule has 3 N–H and O–H groups in total. The summed E-state index contributed by atoms with van der Waals surface area (Å²) >= 11 is 3.34. The van der Waals surface area contributed by atoms with Gasteiger partial charge in [-0.15, -0.1) is 0 Å². The van der Waals surface area contributed by atoms with E-state index in [0.717, 1.165) is 16.7 Å². The Hall–Kier alpha value is -0.320. The van der Waals surface area contributed by atoms with Crippen molar-refractivity contribution < 1.29 is 4.42 Å². The molecule has 13 heavy (non-hydrogen) atoms. The van der Waals surface area contributed by atoms with E-state index < -0.39 is 0 Å². The highest BCUT2D eigenvalue weighted by molar-refractivity contribution is 9.10. The predicted molar refractivity (Wildman–Crippen MR) is 55.9 cm³/mol. The Labute approximate surface area is 86.8 Å². The zero-order valence-electron chi connectivity index (χ0n) is 7.88. The van der Waals surface area contributed by atoms with Crippen LogP contribution in [0.1, 0.15) is 31.9 Å². The van der Waals surface area contributed by atoms with Crippen LogP contribution in [0.4, 0.5) is 0 Å². The highest BCUT2D eigenvalue weighted by atomic mass is 79.9. The molecule has 0 aliphatic heterocycles. The Balaban J connectivity index is 2.72. The molecular weight excluding hydrogens is 232 g/mol. The summed E-state index contributed by atoms with van der Waals surface area (Å²) in [6.45, 7) is 4.33. The zero-order valence-corrected chi connectivity index (χ0v) is 9.47. The van der Waals surface area contributed by atoms with Crippen LogP contribution >= 0.6 is 15.9 Å². The number of nitrogens with two attached hydrogens (primary N) is 1. The largest absolute Gasteiger partial charge is 0.457 e. The summed E-state index contributed by atoms with van der Waals surface area (Å²) in [5.41, 5.74) is 3.87. The molecule has 4 heteroatoms. The lowest BCUT2D eigenvalue weighted by molar-refractivity contribution is 0.429. The first-order chi connectivity index (χ1) is 6.15. The number of furan rings is 1. The second kappa shape index (κ2) is 4.79. The molecule has 1 rings (SSSR count). The van der Waals surface area contributed by atoms with Crippen molar-refractivity contribution in [1.29, 1.82) is 0 Å². The van der Waals surface area contributed by atoms with Crippen LogP contribution in [-0.4, -0.2) is 0 Å². The molecule has 0 radical (unpaired) electrons. The maximum atomic E-state index is 5.47. The van der Waals surface area contributed by atoms with Crippen molar-refractivity contribution in [3.05, 3.63) is 22.6 Å². The van der Waals surface area contributed by atoms with Gasteiger partial charge in [0.1, 0.15) is 0 Å². The molecule has 0 spiro atoms. The van der Waals surface area contributed by atoms with Crippen LogP contribution in [0.15, 0.2) is 21.4 Å². The third-order valence-corrected chi connectivity index (χ3v) is 2.57. The van der Waals surface area contributed by atoms with Crippen LogP contribution in [0.25, 0.3) is 0 Å². The fraction of sp³-hybridized carbons (Fsp3) is 0.556. The van der Waals surface area contributed by atoms with Gasteiger partial charge in [-0.05, 0) is 34.3 Å². The molecular formula is C9H15BrN2O. The van der Waals surface area contributed by atoms with Crippen LogP contribution in [0.5, 0.6) is 0 Å². The van der Waals surface area contributed by atoms with Crippen molar-refractivity contribution in [2.75, 3.05) is 0 Å². The second-order valence-corrected chi connectivity index (χ2v) is 4.22. The number of rotatable bonds is 4. The Kier molecular flexibility index (Phi) is 3.96. The van der Waals surface area contributed by atoms with E-state index in [4.69, 9.17) is 10.3 Å².